The van der Waals surface area contributed by atoms with E-state index in [0.717, 1.165) is 4.70 Å². The molecule has 0 bridgehead atoms. The molecular formula is C20H15Cl3N2O3S. The molecule has 150 valence electrons. The van der Waals surface area contributed by atoms with E-state index in [1.165, 1.54) is 22.0 Å². The number of fused-ring (bicyclic) bond motifs is 1. The second kappa shape index (κ2) is 9.59. The lowest BCUT2D eigenvalue weighted by Crippen LogP contribution is -2.23. The Balaban J connectivity index is 2.05. The molecule has 0 N–H and O–H groups in total. The van der Waals surface area contributed by atoms with Crippen molar-refractivity contribution < 1.29 is 14.3 Å². The van der Waals surface area contributed by atoms with Gasteiger partial charge in [-0.1, -0.05) is 64.3 Å². The minimum atomic E-state index is -0.503. The van der Waals surface area contributed by atoms with E-state index in [4.69, 9.17) is 39.5 Å². The van der Waals surface area contributed by atoms with Crippen molar-refractivity contribution in [2.24, 2.45) is 4.99 Å². The highest BCUT2D eigenvalue weighted by Crippen LogP contribution is 2.32. The summed E-state index contributed by atoms with van der Waals surface area (Å²) in [6, 6.07) is 10.6. The molecule has 1 heterocycles. The fraction of sp³-hybridized carbons (Fsp3) is 0.150. The highest BCUT2D eigenvalue weighted by atomic mass is 35.5. The zero-order chi connectivity index (χ0) is 21.0. The molecule has 0 atom stereocenters. The van der Waals surface area contributed by atoms with Gasteiger partial charge in [-0.2, -0.15) is 4.99 Å². The third-order valence-corrected chi connectivity index (χ3v) is 6.03. The average molecular weight is 470 g/mol. The Hall–Kier alpha value is -2.12. The van der Waals surface area contributed by atoms with Crippen molar-refractivity contribution in [2.45, 2.75) is 13.5 Å². The van der Waals surface area contributed by atoms with Crippen LogP contribution in [0.3, 0.4) is 0 Å². The van der Waals surface area contributed by atoms with Crippen LogP contribution in [0.1, 0.15) is 12.5 Å². The summed E-state index contributed by atoms with van der Waals surface area (Å²) in [5.74, 6) is -0.972. The molecule has 9 heteroatoms. The first-order chi connectivity index (χ1) is 13.9. The van der Waals surface area contributed by atoms with E-state index >= 15 is 0 Å². The number of hydrogen-bond donors (Lipinski definition) is 0. The summed E-state index contributed by atoms with van der Waals surface area (Å²) in [7, 11) is 0. The fourth-order valence-corrected chi connectivity index (χ4v) is 4.29. The molecule has 1 amide bonds. The largest absolute Gasteiger partial charge is 0.465 e. The second-order valence-corrected chi connectivity index (χ2v) is 7.99. The van der Waals surface area contributed by atoms with Crippen LogP contribution in [0.4, 0.5) is 0 Å². The van der Waals surface area contributed by atoms with E-state index in [1.54, 1.807) is 43.3 Å². The molecule has 29 heavy (non-hydrogen) atoms. The summed E-state index contributed by atoms with van der Waals surface area (Å²) in [4.78, 5) is 28.9. The third kappa shape index (κ3) is 5.08. The second-order valence-electron chi connectivity index (χ2n) is 5.79. The molecule has 3 rings (SSSR count). The van der Waals surface area contributed by atoms with Crippen LogP contribution >= 0.6 is 46.1 Å². The summed E-state index contributed by atoms with van der Waals surface area (Å²) < 4.78 is 7.30. The van der Waals surface area contributed by atoms with Gasteiger partial charge in [-0.3, -0.25) is 9.59 Å². The molecule has 2 aromatic carbocycles. The highest BCUT2D eigenvalue weighted by Gasteiger charge is 2.16. The van der Waals surface area contributed by atoms with Gasteiger partial charge in [0, 0.05) is 11.1 Å². The summed E-state index contributed by atoms with van der Waals surface area (Å²) in [5, 5.41) is 1.15. The van der Waals surface area contributed by atoms with Crippen molar-refractivity contribution in [2.75, 3.05) is 6.61 Å². The van der Waals surface area contributed by atoms with Crippen LogP contribution in [0.5, 0.6) is 0 Å². The van der Waals surface area contributed by atoms with E-state index in [1.807, 2.05) is 6.07 Å². The van der Waals surface area contributed by atoms with Gasteiger partial charge < -0.3 is 9.30 Å². The zero-order valence-electron chi connectivity index (χ0n) is 15.2. The number of ether oxygens (including phenoxy) is 1. The Bertz CT molecular complexity index is 1180. The van der Waals surface area contributed by atoms with Gasteiger partial charge >= 0.3 is 5.97 Å². The van der Waals surface area contributed by atoms with Crippen molar-refractivity contribution in [1.29, 1.82) is 0 Å². The lowest BCUT2D eigenvalue weighted by Gasteiger charge is -2.06. The fourth-order valence-electron chi connectivity index (χ4n) is 2.57. The molecule has 0 saturated heterocycles. The van der Waals surface area contributed by atoms with E-state index in [9.17, 15) is 9.59 Å². The third-order valence-electron chi connectivity index (χ3n) is 3.84. The molecule has 0 aliphatic heterocycles. The normalized spacial score (nSPS) is 12.1. The Morgan fingerprint density at radius 2 is 1.90 bits per heavy atom. The van der Waals surface area contributed by atoms with Crippen molar-refractivity contribution in [3.8, 4) is 0 Å². The first-order valence-corrected chi connectivity index (χ1v) is 10.5. The summed E-state index contributed by atoms with van der Waals surface area (Å²) >= 11 is 19.8. The number of aromatic nitrogens is 1. The molecule has 0 aliphatic carbocycles. The maximum atomic E-state index is 12.4. The molecule has 0 radical (unpaired) electrons. The molecule has 0 saturated carbocycles. The minimum Gasteiger partial charge on any atom is -0.465 e. The lowest BCUT2D eigenvalue weighted by molar-refractivity contribution is -0.143. The number of thiazole rings is 1. The first kappa shape index (κ1) is 21.6. The Labute approximate surface area is 185 Å². The molecule has 0 spiro atoms. The highest BCUT2D eigenvalue weighted by molar-refractivity contribution is 7.16. The number of carbonyl (C=O) groups is 2. The Kier molecular flexibility index (Phi) is 7.14. The number of halogens is 3. The van der Waals surface area contributed by atoms with Crippen LogP contribution in [-0.2, 0) is 20.9 Å². The van der Waals surface area contributed by atoms with Crippen LogP contribution in [0.15, 0.2) is 47.5 Å². The lowest BCUT2D eigenvalue weighted by atomic mass is 10.2. The van der Waals surface area contributed by atoms with Gasteiger partial charge in [-0.05, 0) is 36.8 Å². The van der Waals surface area contributed by atoms with Gasteiger partial charge in [0.25, 0.3) is 5.91 Å². The molecule has 3 aromatic rings. The topological polar surface area (TPSA) is 60.7 Å². The maximum Gasteiger partial charge on any atom is 0.326 e. The number of nitrogens with zero attached hydrogens (tertiary/aromatic N) is 2. The Morgan fingerprint density at radius 3 is 2.62 bits per heavy atom. The van der Waals surface area contributed by atoms with E-state index in [2.05, 4.69) is 4.99 Å². The quantitative estimate of drug-likeness (QED) is 0.373. The van der Waals surface area contributed by atoms with Gasteiger partial charge in [0.2, 0.25) is 0 Å². The molecule has 0 fully saturated rings. The van der Waals surface area contributed by atoms with Crippen molar-refractivity contribution in [3.63, 3.8) is 0 Å². The minimum absolute atomic E-state index is 0.145. The van der Waals surface area contributed by atoms with Crippen LogP contribution < -0.4 is 4.80 Å². The molecular weight excluding hydrogens is 455 g/mol. The number of esters is 1. The van der Waals surface area contributed by atoms with Crippen molar-refractivity contribution in [3.05, 3.63) is 67.9 Å². The smallest absolute Gasteiger partial charge is 0.326 e. The van der Waals surface area contributed by atoms with Crippen LogP contribution in [0, 0.1) is 0 Å². The summed E-state index contributed by atoms with van der Waals surface area (Å²) in [5.41, 5.74) is 1.22. The number of carbonyl (C=O) groups excluding carboxylic acids is 2. The maximum absolute atomic E-state index is 12.4. The summed E-state index contributed by atoms with van der Waals surface area (Å²) in [6.45, 7) is 1.81. The predicted molar refractivity (Wildman–Crippen MR) is 118 cm³/mol. The SMILES string of the molecule is CCOC(=O)Cn1c(=NC(=O)/C=C/c2ccccc2Cl)sc2ccc(Cl)c(Cl)c21. The predicted octanol–water partition coefficient (Wildman–Crippen LogP) is 5.37. The van der Waals surface area contributed by atoms with Crippen molar-refractivity contribution >= 4 is 74.3 Å². The first-order valence-electron chi connectivity index (χ1n) is 8.55. The molecule has 0 aliphatic rings. The van der Waals surface area contributed by atoms with E-state index in [0.29, 0.717) is 25.9 Å². The van der Waals surface area contributed by atoms with Gasteiger partial charge in [-0.15, -0.1) is 0 Å². The monoisotopic (exact) mass is 468 g/mol. The molecule has 0 unspecified atom stereocenters. The van der Waals surface area contributed by atoms with Gasteiger partial charge in [0.15, 0.2) is 4.80 Å². The Morgan fingerprint density at radius 1 is 1.14 bits per heavy atom. The molecule has 5 nitrogen and oxygen atoms in total. The molecule has 1 aromatic heterocycles. The van der Waals surface area contributed by atoms with E-state index < -0.39 is 11.9 Å². The zero-order valence-corrected chi connectivity index (χ0v) is 18.3. The van der Waals surface area contributed by atoms with E-state index in [-0.39, 0.29) is 18.2 Å². The van der Waals surface area contributed by atoms with Crippen LogP contribution in [-0.4, -0.2) is 23.1 Å². The standard InChI is InChI=1S/C20H15Cl3N2O3S/c1-2-28-17(27)11-25-19-15(9-8-14(22)18(19)23)29-20(25)24-16(26)10-7-12-5-3-4-6-13(12)21/h3-10H,2,11H2,1H3/b10-7+,24-20?. The number of amides is 1. The number of rotatable bonds is 5. The number of benzene rings is 2. The summed E-state index contributed by atoms with van der Waals surface area (Å²) in [6.07, 6.45) is 2.90. The number of hydrogen-bond acceptors (Lipinski definition) is 4. The van der Waals surface area contributed by atoms with Crippen LogP contribution in [0.25, 0.3) is 16.3 Å². The van der Waals surface area contributed by atoms with Crippen molar-refractivity contribution in [1.82, 2.24) is 4.57 Å². The van der Waals surface area contributed by atoms with Gasteiger partial charge in [0.1, 0.15) is 6.54 Å². The van der Waals surface area contributed by atoms with Gasteiger partial charge in [0.05, 0.1) is 26.9 Å². The van der Waals surface area contributed by atoms with Crippen LogP contribution in [0.2, 0.25) is 15.1 Å². The average Bonchev–Trinajstić information content (AvgIpc) is 3.02. The van der Waals surface area contributed by atoms with Gasteiger partial charge in [-0.25, -0.2) is 0 Å².